The molecule has 0 aromatic carbocycles. The van der Waals surface area contributed by atoms with Crippen LogP contribution >= 0.6 is 24.0 Å². The Morgan fingerprint density at radius 1 is 1.13 bits per heavy atom. The van der Waals surface area contributed by atoms with Crippen molar-refractivity contribution in [3.8, 4) is 0 Å². The van der Waals surface area contributed by atoms with Crippen molar-refractivity contribution in [1.29, 1.82) is 0 Å². The predicted molar refractivity (Wildman–Crippen MR) is 133 cm³/mol. The second-order valence-corrected chi connectivity index (χ2v) is 8.80. The van der Waals surface area contributed by atoms with Gasteiger partial charge in [-0.3, -0.25) is 9.89 Å². The van der Waals surface area contributed by atoms with Crippen molar-refractivity contribution < 1.29 is 19.0 Å². The maximum Gasteiger partial charge on any atom is 0.410 e. The lowest BCUT2D eigenvalue weighted by atomic mass is 10.2. The zero-order chi connectivity index (χ0) is 21.8. The van der Waals surface area contributed by atoms with E-state index < -0.39 is 5.60 Å². The molecule has 10 heteroatoms. The topological polar surface area (TPSA) is 87.7 Å². The second kappa shape index (κ2) is 15.1. The number of piperazine rings is 1. The van der Waals surface area contributed by atoms with Gasteiger partial charge < -0.3 is 29.7 Å². The highest BCUT2D eigenvalue weighted by Gasteiger charge is 2.25. The molecule has 0 aliphatic carbocycles. The largest absolute Gasteiger partial charge is 0.444 e. The van der Waals surface area contributed by atoms with Crippen LogP contribution in [0.2, 0.25) is 0 Å². The first-order valence-corrected chi connectivity index (χ1v) is 11.2. The lowest BCUT2D eigenvalue weighted by molar-refractivity contribution is 0.0145. The third kappa shape index (κ3) is 12.1. The number of nitrogens with zero attached hydrogens (tertiary/aromatic N) is 3. The fraction of sp³-hybridized carbons (Fsp3) is 0.905. The van der Waals surface area contributed by atoms with Gasteiger partial charge in [0.1, 0.15) is 5.60 Å². The van der Waals surface area contributed by atoms with Gasteiger partial charge in [0.2, 0.25) is 0 Å². The summed E-state index contributed by atoms with van der Waals surface area (Å²) in [5, 5.41) is 6.69. The summed E-state index contributed by atoms with van der Waals surface area (Å²) in [5.41, 5.74) is -0.440. The molecule has 2 aliphatic rings. The van der Waals surface area contributed by atoms with E-state index in [4.69, 9.17) is 14.2 Å². The maximum atomic E-state index is 12.1. The summed E-state index contributed by atoms with van der Waals surface area (Å²) in [7, 11) is 1.79. The minimum Gasteiger partial charge on any atom is -0.444 e. The minimum absolute atomic E-state index is 0. The third-order valence-electron chi connectivity index (χ3n) is 5.05. The Hall–Kier alpha value is -0.850. The van der Waals surface area contributed by atoms with Crippen LogP contribution in [0.5, 0.6) is 0 Å². The summed E-state index contributed by atoms with van der Waals surface area (Å²) in [6.07, 6.45) is 3.04. The van der Waals surface area contributed by atoms with Crippen LogP contribution in [0.4, 0.5) is 4.79 Å². The molecule has 0 saturated carbocycles. The Labute approximate surface area is 204 Å². The quantitative estimate of drug-likeness (QED) is 0.195. The van der Waals surface area contributed by atoms with E-state index in [1.807, 2.05) is 20.8 Å². The molecular formula is C21H42IN5O4. The van der Waals surface area contributed by atoms with E-state index in [9.17, 15) is 4.79 Å². The molecule has 1 amide bonds. The number of rotatable bonds is 9. The molecule has 2 aliphatic heterocycles. The van der Waals surface area contributed by atoms with Crippen molar-refractivity contribution >= 4 is 36.0 Å². The van der Waals surface area contributed by atoms with Crippen molar-refractivity contribution in [1.82, 2.24) is 20.4 Å². The molecule has 1 atom stereocenters. The first-order valence-electron chi connectivity index (χ1n) is 11.2. The first kappa shape index (κ1) is 28.2. The second-order valence-electron chi connectivity index (χ2n) is 8.80. The van der Waals surface area contributed by atoms with Gasteiger partial charge in [0.05, 0.1) is 12.7 Å². The number of aliphatic imine (C=N–C) groups is 1. The molecular weight excluding hydrogens is 513 g/mol. The zero-order valence-corrected chi connectivity index (χ0v) is 22.0. The van der Waals surface area contributed by atoms with Crippen molar-refractivity contribution in [3.63, 3.8) is 0 Å². The van der Waals surface area contributed by atoms with Gasteiger partial charge in [-0.2, -0.15) is 0 Å². The number of amides is 1. The van der Waals surface area contributed by atoms with Crippen molar-refractivity contribution in [2.75, 3.05) is 72.7 Å². The van der Waals surface area contributed by atoms with Crippen molar-refractivity contribution in [3.05, 3.63) is 0 Å². The summed E-state index contributed by atoms with van der Waals surface area (Å²) in [6, 6.07) is 0. The highest BCUT2D eigenvalue weighted by Crippen LogP contribution is 2.12. The van der Waals surface area contributed by atoms with E-state index >= 15 is 0 Å². The fourth-order valence-electron chi connectivity index (χ4n) is 3.38. The molecule has 0 aromatic rings. The molecule has 2 heterocycles. The Balaban J connectivity index is 0.00000480. The van der Waals surface area contributed by atoms with Gasteiger partial charge in [0.25, 0.3) is 0 Å². The standard InChI is InChI=1S/C21H41N5O4.HI/c1-21(2,3)30-20(27)26-13-11-25(12-14-26)10-5-8-23-19(22-4)24-9-6-15-29-18-7-16-28-17-18;/h18H,5-17H2,1-4H3,(H2,22,23,24);1H. The molecule has 1 unspecified atom stereocenters. The van der Waals surface area contributed by atoms with Crippen LogP contribution in [0.1, 0.15) is 40.0 Å². The fourth-order valence-corrected chi connectivity index (χ4v) is 3.38. The number of hydrogen-bond acceptors (Lipinski definition) is 6. The number of nitrogens with one attached hydrogen (secondary N) is 2. The third-order valence-corrected chi connectivity index (χ3v) is 5.05. The van der Waals surface area contributed by atoms with Gasteiger partial charge in [0.15, 0.2) is 5.96 Å². The average molecular weight is 556 g/mol. The molecule has 0 bridgehead atoms. The number of carbonyl (C=O) groups is 1. The van der Waals surface area contributed by atoms with E-state index in [-0.39, 0.29) is 36.2 Å². The van der Waals surface area contributed by atoms with Crippen LogP contribution in [-0.2, 0) is 14.2 Å². The van der Waals surface area contributed by atoms with E-state index in [1.165, 1.54) is 0 Å². The molecule has 0 spiro atoms. The Morgan fingerprint density at radius 3 is 2.39 bits per heavy atom. The van der Waals surface area contributed by atoms with E-state index in [2.05, 4.69) is 20.5 Å². The SMILES string of the molecule is CN=C(NCCCOC1CCOC1)NCCCN1CCN(C(=O)OC(C)(C)C)CC1.I. The molecule has 31 heavy (non-hydrogen) atoms. The van der Waals surface area contributed by atoms with Crippen molar-refractivity contribution in [2.45, 2.75) is 51.7 Å². The van der Waals surface area contributed by atoms with Crippen molar-refractivity contribution in [2.24, 2.45) is 4.99 Å². The highest BCUT2D eigenvalue weighted by molar-refractivity contribution is 14.0. The minimum atomic E-state index is -0.440. The van der Waals surface area contributed by atoms with Gasteiger partial charge in [-0.05, 0) is 46.6 Å². The van der Waals surface area contributed by atoms with Gasteiger partial charge in [0, 0.05) is 59.5 Å². The maximum absolute atomic E-state index is 12.1. The van der Waals surface area contributed by atoms with Crippen LogP contribution < -0.4 is 10.6 Å². The van der Waals surface area contributed by atoms with E-state index in [0.717, 1.165) is 90.9 Å². The molecule has 2 fully saturated rings. The van der Waals surface area contributed by atoms with Gasteiger partial charge in [-0.25, -0.2) is 4.79 Å². The molecule has 0 aromatic heterocycles. The van der Waals surface area contributed by atoms with Crippen LogP contribution in [0.15, 0.2) is 4.99 Å². The molecule has 2 rings (SSSR count). The summed E-state index contributed by atoms with van der Waals surface area (Å²) in [5.74, 6) is 0.828. The zero-order valence-electron chi connectivity index (χ0n) is 19.7. The molecule has 0 radical (unpaired) electrons. The molecule has 2 N–H and O–H groups in total. The Bertz CT molecular complexity index is 530. The molecule has 182 valence electrons. The lowest BCUT2D eigenvalue weighted by Gasteiger charge is -2.35. The van der Waals surface area contributed by atoms with Crippen LogP contribution in [0.3, 0.4) is 0 Å². The number of halogens is 1. The van der Waals surface area contributed by atoms with Gasteiger partial charge >= 0.3 is 6.09 Å². The van der Waals surface area contributed by atoms with E-state index in [1.54, 1.807) is 11.9 Å². The van der Waals surface area contributed by atoms with Crippen LogP contribution in [0, 0.1) is 0 Å². The number of ether oxygens (including phenoxy) is 3. The Morgan fingerprint density at radius 2 is 1.81 bits per heavy atom. The summed E-state index contributed by atoms with van der Waals surface area (Å²) in [6.45, 7) is 13.9. The lowest BCUT2D eigenvalue weighted by Crippen LogP contribution is -2.50. The number of carbonyl (C=O) groups excluding carboxylic acids is 1. The van der Waals surface area contributed by atoms with Gasteiger partial charge in [-0.15, -0.1) is 24.0 Å². The number of hydrogen-bond donors (Lipinski definition) is 2. The molecule has 2 saturated heterocycles. The molecule has 9 nitrogen and oxygen atoms in total. The summed E-state index contributed by atoms with van der Waals surface area (Å²) < 4.78 is 16.5. The summed E-state index contributed by atoms with van der Waals surface area (Å²) >= 11 is 0. The predicted octanol–water partition coefficient (Wildman–Crippen LogP) is 1.91. The monoisotopic (exact) mass is 555 g/mol. The van der Waals surface area contributed by atoms with Gasteiger partial charge in [-0.1, -0.05) is 0 Å². The van der Waals surface area contributed by atoms with Crippen LogP contribution in [0.25, 0.3) is 0 Å². The Kier molecular flexibility index (Phi) is 13.7. The normalized spacial score (nSPS) is 20.3. The van der Waals surface area contributed by atoms with Crippen LogP contribution in [-0.4, -0.2) is 106 Å². The van der Waals surface area contributed by atoms with E-state index in [0.29, 0.717) is 0 Å². The summed E-state index contributed by atoms with van der Waals surface area (Å²) in [4.78, 5) is 20.6. The smallest absolute Gasteiger partial charge is 0.410 e. The first-order chi connectivity index (χ1) is 14.4. The average Bonchev–Trinajstić information content (AvgIpc) is 3.22. The highest BCUT2D eigenvalue weighted by atomic mass is 127. The number of guanidine groups is 1.